The van der Waals surface area contributed by atoms with E-state index in [1.807, 2.05) is 6.92 Å². The molecule has 180 valence electrons. The lowest BCUT2D eigenvalue weighted by atomic mass is 9.70. The minimum atomic E-state index is -4.03. The van der Waals surface area contributed by atoms with Crippen LogP contribution in [0.3, 0.4) is 0 Å². The number of fused-ring (bicyclic) bond motifs is 2. The summed E-state index contributed by atoms with van der Waals surface area (Å²) in [6.45, 7) is 8.42. The van der Waals surface area contributed by atoms with Crippen molar-refractivity contribution < 1.29 is 22.7 Å². The molecule has 2 aromatic carbocycles. The van der Waals surface area contributed by atoms with Crippen LogP contribution < -0.4 is 4.72 Å². The summed E-state index contributed by atoms with van der Waals surface area (Å²) in [5, 5.41) is 0. The Morgan fingerprint density at radius 2 is 1.76 bits per heavy atom. The van der Waals surface area contributed by atoms with Gasteiger partial charge in [0.05, 0.1) is 4.90 Å². The number of nitrogens with zero attached hydrogens (tertiary/aromatic N) is 2. The molecule has 34 heavy (non-hydrogen) atoms. The number of carbonyl (C=O) groups is 1. The summed E-state index contributed by atoms with van der Waals surface area (Å²) >= 11 is 0. The van der Waals surface area contributed by atoms with Crippen molar-refractivity contribution in [2.75, 3.05) is 0 Å². The molecule has 0 saturated heterocycles. The van der Waals surface area contributed by atoms with E-state index in [1.165, 1.54) is 12.1 Å². The molecule has 0 spiro atoms. The first kappa shape index (κ1) is 24.3. The largest absolute Gasteiger partial charge is 0.453 e. The molecule has 4 atom stereocenters. The molecular weight excluding hydrogens is 450 g/mol. The maximum absolute atomic E-state index is 13.3. The van der Waals surface area contributed by atoms with Crippen molar-refractivity contribution in [2.45, 2.75) is 64.0 Å². The van der Waals surface area contributed by atoms with Crippen LogP contribution in [0.4, 0.5) is 0 Å². The number of hydrogen-bond acceptors (Lipinski definition) is 4. The SMILES string of the molecule is Cc1ccc(S(=O)(=O)N[C@@H](C(=[N+]=[N-])C(=O)O[C@@H]2C[C@H]3CC[C@]2(C)C3(C)C)c2ccccc2)cc1. The zero-order chi connectivity index (χ0) is 24.7. The second-order valence-electron chi connectivity index (χ2n) is 10.3. The molecular formula is C26H31N3O4S. The summed E-state index contributed by atoms with van der Waals surface area (Å²) in [7, 11) is -4.03. The van der Waals surface area contributed by atoms with E-state index in [2.05, 4.69) is 30.3 Å². The lowest BCUT2D eigenvalue weighted by molar-refractivity contribution is -0.153. The molecule has 2 bridgehead atoms. The molecule has 0 heterocycles. The number of nitrogens with one attached hydrogen (secondary N) is 1. The molecule has 2 aliphatic rings. The van der Waals surface area contributed by atoms with Crippen LogP contribution in [-0.2, 0) is 19.6 Å². The Balaban J connectivity index is 1.64. The van der Waals surface area contributed by atoms with Crippen LogP contribution in [0.2, 0.25) is 0 Å². The molecule has 7 nitrogen and oxygen atoms in total. The van der Waals surface area contributed by atoms with Crippen molar-refractivity contribution >= 4 is 21.7 Å². The molecule has 4 rings (SSSR count). The van der Waals surface area contributed by atoms with E-state index >= 15 is 0 Å². The highest BCUT2D eigenvalue weighted by Crippen LogP contribution is 2.66. The fraction of sp³-hybridized carbons (Fsp3) is 0.462. The van der Waals surface area contributed by atoms with E-state index in [-0.39, 0.29) is 21.8 Å². The van der Waals surface area contributed by atoms with Gasteiger partial charge in [-0.3, -0.25) is 0 Å². The van der Waals surface area contributed by atoms with E-state index in [9.17, 15) is 18.7 Å². The van der Waals surface area contributed by atoms with Gasteiger partial charge >= 0.3 is 11.7 Å². The van der Waals surface area contributed by atoms with Crippen molar-refractivity contribution in [3.8, 4) is 0 Å². The van der Waals surface area contributed by atoms with Gasteiger partial charge in [0.2, 0.25) is 10.0 Å². The average molecular weight is 482 g/mol. The highest BCUT2D eigenvalue weighted by atomic mass is 32.2. The second-order valence-corrected chi connectivity index (χ2v) is 12.0. The fourth-order valence-corrected chi connectivity index (χ4v) is 6.77. The highest BCUT2D eigenvalue weighted by molar-refractivity contribution is 7.89. The summed E-state index contributed by atoms with van der Waals surface area (Å²) in [6.07, 6.45) is 2.48. The van der Waals surface area contributed by atoms with Gasteiger partial charge in [0, 0.05) is 5.41 Å². The zero-order valence-corrected chi connectivity index (χ0v) is 20.8. The quantitative estimate of drug-likeness (QED) is 0.273. The maximum atomic E-state index is 13.3. The van der Waals surface area contributed by atoms with Crippen molar-refractivity contribution in [1.29, 1.82) is 0 Å². The van der Waals surface area contributed by atoms with Crippen LogP contribution in [0.5, 0.6) is 0 Å². The number of esters is 1. The van der Waals surface area contributed by atoms with Gasteiger partial charge in [0.25, 0.3) is 0 Å². The van der Waals surface area contributed by atoms with Crippen LogP contribution in [0.15, 0.2) is 59.5 Å². The van der Waals surface area contributed by atoms with Gasteiger partial charge in [0.1, 0.15) is 6.10 Å². The van der Waals surface area contributed by atoms with Crippen LogP contribution in [0, 0.1) is 23.7 Å². The first-order chi connectivity index (χ1) is 16.0. The Morgan fingerprint density at radius 1 is 1.12 bits per heavy atom. The summed E-state index contributed by atoms with van der Waals surface area (Å²) in [5.74, 6) is -0.368. The van der Waals surface area contributed by atoms with Crippen LogP contribution in [-0.4, -0.2) is 31.0 Å². The average Bonchev–Trinajstić information content (AvgIpc) is 3.13. The van der Waals surface area contributed by atoms with Crippen LogP contribution in [0.1, 0.15) is 57.2 Å². The standard InChI is InChI=1S/C26H31N3O4S/c1-17-10-12-20(13-11-17)34(31,32)29-22(18-8-6-5-7-9-18)23(28-27)24(30)33-21-16-19-14-15-26(21,4)25(19,2)3/h5-13,19,21-22,29H,14-16H2,1-4H3/t19-,21-,22-,26+/m1/s1. The second kappa shape index (κ2) is 8.77. The molecule has 8 heteroatoms. The molecule has 0 aliphatic heterocycles. The number of benzene rings is 2. The fourth-order valence-electron chi connectivity index (χ4n) is 5.58. The van der Waals surface area contributed by atoms with Gasteiger partial charge in [-0.05, 0) is 55.2 Å². The molecule has 2 aliphatic carbocycles. The molecule has 0 radical (unpaired) electrons. The van der Waals surface area contributed by atoms with Crippen molar-refractivity contribution in [1.82, 2.24) is 4.72 Å². The topological polar surface area (TPSA) is 109 Å². The van der Waals surface area contributed by atoms with E-state index in [0.717, 1.165) is 24.8 Å². The molecule has 1 N–H and O–H groups in total. The Morgan fingerprint density at radius 3 is 2.29 bits per heavy atom. The summed E-state index contributed by atoms with van der Waals surface area (Å²) < 4.78 is 34.8. The molecule has 2 fully saturated rings. The van der Waals surface area contributed by atoms with Gasteiger partial charge in [-0.15, -0.1) is 0 Å². The van der Waals surface area contributed by atoms with Crippen LogP contribution >= 0.6 is 0 Å². The Kier molecular flexibility index (Phi) is 6.27. The lowest BCUT2D eigenvalue weighted by Gasteiger charge is -2.38. The molecule has 0 unspecified atom stereocenters. The summed E-state index contributed by atoms with van der Waals surface area (Å²) in [4.78, 5) is 16.6. The minimum absolute atomic E-state index is 0.0281. The zero-order valence-electron chi connectivity index (χ0n) is 20.0. The maximum Gasteiger partial charge on any atom is 0.419 e. The number of rotatable bonds is 7. The van der Waals surface area contributed by atoms with Gasteiger partial charge in [-0.25, -0.2) is 13.2 Å². The normalized spacial score (nSPS) is 26.0. The van der Waals surface area contributed by atoms with E-state index in [4.69, 9.17) is 4.74 Å². The summed E-state index contributed by atoms with van der Waals surface area (Å²) in [5.41, 5.74) is 10.7. The monoisotopic (exact) mass is 481 g/mol. The number of carbonyl (C=O) groups excluding carboxylic acids is 1. The van der Waals surface area contributed by atoms with Gasteiger partial charge in [-0.2, -0.15) is 9.51 Å². The van der Waals surface area contributed by atoms with Crippen molar-refractivity contribution in [3.05, 3.63) is 71.3 Å². The Hall–Kier alpha value is -2.80. The van der Waals surface area contributed by atoms with E-state index in [1.54, 1.807) is 42.5 Å². The number of aryl methyl sites for hydroxylation is 1. The first-order valence-electron chi connectivity index (χ1n) is 11.6. The van der Waals surface area contributed by atoms with Crippen molar-refractivity contribution in [3.63, 3.8) is 0 Å². The third-order valence-corrected chi connectivity index (χ3v) is 9.73. The smallest absolute Gasteiger partial charge is 0.419 e. The van der Waals surface area contributed by atoms with Gasteiger partial charge in [-0.1, -0.05) is 68.8 Å². The van der Waals surface area contributed by atoms with Crippen LogP contribution in [0.25, 0.3) is 5.53 Å². The third-order valence-electron chi connectivity index (χ3n) is 8.29. The van der Waals surface area contributed by atoms with Gasteiger partial charge in [0.15, 0.2) is 6.04 Å². The van der Waals surface area contributed by atoms with E-state index < -0.39 is 27.7 Å². The number of hydrogen-bond donors (Lipinski definition) is 1. The Labute approximate surface area is 201 Å². The third kappa shape index (κ3) is 4.11. The first-order valence-corrected chi connectivity index (χ1v) is 13.0. The van der Waals surface area contributed by atoms with Gasteiger partial charge < -0.3 is 10.3 Å². The Bertz CT molecular complexity index is 1230. The predicted molar refractivity (Wildman–Crippen MR) is 128 cm³/mol. The van der Waals surface area contributed by atoms with E-state index in [0.29, 0.717) is 11.5 Å². The molecule has 0 aromatic heterocycles. The molecule has 2 aromatic rings. The predicted octanol–water partition coefficient (Wildman–Crippen LogP) is 4.44. The number of ether oxygens (including phenoxy) is 1. The minimum Gasteiger partial charge on any atom is -0.453 e. The molecule has 2 saturated carbocycles. The van der Waals surface area contributed by atoms with Crippen molar-refractivity contribution in [2.24, 2.45) is 16.7 Å². The molecule has 0 amide bonds. The number of sulfonamides is 1. The summed E-state index contributed by atoms with van der Waals surface area (Å²) in [6, 6.07) is 13.7. The lowest BCUT2D eigenvalue weighted by Crippen LogP contribution is -2.43. The highest BCUT2D eigenvalue weighted by Gasteiger charge is 2.63.